The molecule has 0 radical (unpaired) electrons. The Hall–Kier alpha value is -1.16. The molecule has 0 fully saturated rings. The van der Waals surface area contributed by atoms with Crippen molar-refractivity contribution in [2.45, 2.75) is 165 Å². The number of para-hydroxylation sites is 2. The molecule has 41 heavy (non-hydrogen) atoms. The predicted octanol–water partition coefficient (Wildman–Crippen LogP) is 12.7. The number of unbranched alkanes of at least 4 members (excludes halogenated alkanes) is 10. The maximum atomic E-state index is 7.47. The minimum atomic E-state index is -3.67. The van der Waals surface area contributed by atoms with Gasteiger partial charge in [-0.3, -0.25) is 0 Å². The molecule has 0 saturated heterocycles. The van der Waals surface area contributed by atoms with Gasteiger partial charge in [0.1, 0.15) is 0 Å². The van der Waals surface area contributed by atoms with Crippen molar-refractivity contribution in [1.82, 2.24) is 0 Å². The molecule has 2 aromatic rings. The van der Waals surface area contributed by atoms with Gasteiger partial charge in [-0.1, -0.05) is 0 Å². The molecule has 0 spiro atoms. The molecule has 3 heteroatoms. The molecule has 2 aromatic carbocycles. The molecular weight excluding hydrogens is 607 g/mol. The molecular formula is C38H64O2Sn. The van der Waals surface area contributed by atoms with Crippen LogP contribution in [0.25, 0.3) is 0 Å². The van der Waals surface area contributed by atoms with Gasteiger partial charge in [-0.2, -0.15) is 0 Å². The Balaban J connectivity index is 2.50. The molecule has 0 heterocycles. The summed E-state index contributed by atoms with van der Waals surface area (Å²) < 4.78 is 17.2. The third-order valence-corrected chi connectivity index (χ3v) is 19.2. The van der Waals surface area contributed by atoms with E-state index < -0.39 is 19.2 Å². The van der Waals surface area contributed by atoms with Gasteiger partial charge < -0.3 is 0 Å². The van der Waals surface area contributed by atoms with Crippen LogP contribution in [0.2, 0.25) is 8.87 Å². The average molecular weight is 672 g/mol. The zero-order chi connectivity index (χ0) is 30.2. The van der Waals surface area contributed by atoms with Gasteiger partial charge in [0, 0.05) is 0 Å². The summed E-state index contributed by atoms with van der Waals surface area (Å²) in [6, 6.07) is 17.7. The van der Waals surface area contributed by atoms with Crippen molar-refractivity contribution in [2.75, 3.05) is 0 Å². The Morgan fingerprint density at radius 1 is 0.488 bits per heavy atom. The average Bonchev–Trinajstić information content (AvgIpc) is 2.97. The molecule has 0 bridgehead atoms. The molecule has 232 valence electrons. The van der Waals surface area contributed by atoms with Crippen LogP contribution in [0.4, 0.5) is 0 Å². The fourth-order valence-electron chi connectivity index (χ4n) is 5.71. The summed E-state index contributed by atoms with van der Waals surface area (Å²) in [4.78, 5) is 0. The van der Waals surface area contributed by atoms with Gasteiger partial charge in [0.15, 0.2) is 0 Å². The first-order chi connectivity index (χ1) is 19.6. The van der Waals surface area contributed by atoms with E-state index in [0.717, 1.165) is 33.2 Å². The predicted molar refractivity (Wildman–Crippen MR) is 183 cm³/mol. The van der Waals surface area contributed by atoms with Crippen LogP contribution in [-0.2, 0) is 10.8 Å². The number of rotatable bonds is 22. The zero-order valence-electron chi connectivity index (χ0n) is 28.2. The van der Waals surface area contributed by atoms with Crippen LogP contribution in [-0.4, -0.2) is 19.2 Å². The Labute approximate surface area is 260 Å². The van der Waals surface area contributed by atoms with Crippen molar-refractivity contribution in [3.8, 4) is 11.5 Å². The van der Waals surface area contributed by atoms with Crippen molar-refractivity contribution >= 4 is 19.2 Å². The Kier molecular flexibility index (Phi) is 16.3. The van der Waals surface area contributed by atoms with E-state index in [2.05, 4.69) is 104 Å². The Morgan fingerprint density at radius 3 is 1.20 bits per heavy atom. The SMILES string of the molecule is CCCCCCC[CH2][Sn]([CH2]CCCCCCC)([O]c1ccccc1C(C)(C)CC)[O]c1ccccc1C(C)(C)CC. The molecule has 2 nitrogen and oxygen atoms in total. The fourth-order valence-corrected chi connectivity index (χ4v) is 15.5. The quantitative estimate of drug-likeness (QED) is 0.0916. The van der Waals surface area contributed by atoms with Crippen LogP contribution in [0.5, 0.6) is 11.5 Å². The van der Waals surface area contributed by atoms with Crippen molar-refractivity contribution in [1.29, 1.82) is 0 Å². The second-order valence-electron chi connectivity index (χ2n) is 13.6. The summed E-state index contributed by atoms with van der Waals surface area (Å²) in [5.74, 6) is 2.17. The van der Waals surface area contributed by atoms with Crippen LogP contribution in [0.15, 0.2) is 48.5 Å². The summed E-state index contributed by atoms with van der Waals surface area (Å²) in [5, 5.41) is 0. The van der Waals surface area contributed by atoms with Crippen molar-refractivity contribution in [3.63, 3.8) is 0 Å². The van der Waals surface area contributed by atoms with E-state index in [4.69, 9.17) is 6.15 Å². The standard InChI is InChI=1S/2C11H16O.2C8H17.Sn/c2*1-4-11(2,3)9-7-5-6-8-10(9)12;2*1-3-5-7-8-6-4-2;/h2*5-8,12H,4H2,1-3H3;2*1,3-8H2,2H3;/q;;;;+2/p-2. The van der Waals surface area contributed by atoms with Gasteiger partial charge in [-0.15, -0.1) is 0 Å². The van der Waals surface area contributed by atoms with Gasteiger partial charge in [0.05, 0.1) is 0 Å². The van der Waals surface area contributed by atoms with E-state index in [-0.39, 0.29) is 10.8 Å². The van der Waals surface area contributed by atoms with Crippen molar-refractivity contribution < 1.29 is 6.15 Å². The van der Waals surface area contributed by atoms with E-state index >= 15 is 0 Å². The third-order valence-electron chi connectivity index (χ3n) is 9.41. The molecule has 0 unspecified atom stereocenters. The molecule has 0 aliphatic rings. The molecule has 0 atom stereocenters. The van der Waals surface area contributed by atoms with Gasteiger partial charge in [-0.25, -0.2) is 0 Å². The topological polar surface area (TPSA) is 18.5 Å². The van der Waals surface area contributed by atoms with Gasteiger partial charge in [-0.05, 0) is 0 Å². The van der Waals surface area contributed by atoms with E-state index in [1.807, 2.05) is 0 Å². The van der Waals surface area contributed by atoms with E-state index in [1.165, 1.54) is 88.2 Å². The van der Waals surface area contributed by atoms with Crippen molar-refractivity contribution in [2.24, 2.45) is 0 Å². The summed E-state index contributed by atoms with van der Waals surface area (Å²) in [5.41, 5.74) is 2.80. The van der Waals surface area contributed by atoms with E-state index in [0.29, 0.717) is 0 Å². The summed E-state index contributed by atoms with van der Waals surface area (Å²) >= 11 is -3.67. The van der Waals surface area contributed by atoms with Gasteiger partial charge in [0.2, 0.25) is 0 Å². The number of benzene rings is 2. The molecule has 0 aliphatic carbocycles. The molecule has 0 N–H and O–H groups in total. The number of hydrogen-bond acceptors (Lipinski definition) is 2. The molecule has 0 aromatic heterocycles. The first-order valence-corrected chi connectivity index (χ1v) is 23.6. The van der Waals surface area contributed by atoms with Crippen LogP contribution in [0, 0.1) is 0 Å². The first-order valence-electron chi connectivity index (χ1n) is 17.2. The van der Waals surface area contributed by atoms with Gasteiger partial charge in [0.25, 0.3) is 0 Å². The Bertz CT molecular complexity index is 900. The minimum absolute atomic E-state index is 0.0661. The van der Waals surface area contributed by atoms with E-state index in [9.17, 15) is 0 Å². The zero-order valence-corrected chi connectivity index (χ0v) is 31.1. The fraction of sp³-hybridized carbons (Fsp3) is 0.684. The summed E-state index contributed by atoms with van der Waals surface area (Å²) in [6.07, 6.45) is 17.8. The number of hydrogen-bond donors (Lipinski definition) is 0. The third kappa shape index (κ3) is 11.8. The van der Waals surface area contributed by atoms with E-state index in [1.54, 1.807) is 0 Å². The van der Waals surface area contributed by atoms with Crippen molar-refractivity contribution in [3.05, 3.63) is 59.7 Å². The summed E-state index contributed by atoms with van der Waals surface area (Å²) in [7, 11) is 0. The summed E-state index contributed by atoms with van der Waals surface area (Å²) in [6.45, 7) is 18.6. The van der Waals surface area contributed by atoms with Crippen LogP contribution >= 0.6 is 0 Å². The molecule has 0 aliphatic heterocycles. The van der Waals surface area contributed by atoms with Crippen LogP contribution < -0.4 is 6.15 Å². The molecule has 0 amide bonds. The van der Waals surface area contributed by atoms with Crippen LogP contribution in [0.1, 0.15) is 156 Å². The maximum absolute atomic E-state index is 7.47. The van der Waals surface area contributed by atoms with Gasteiger partial charge >= 0.3 is 261 Å². The normalized spacial score (nSPS) is 12.5. The molecule has 0 saturated carbocycles. The molecule has 2 rings (SSSR count). The first kappa shape index (κ1) is 36.0. The second-order valence-corrected chi connectivity index (χ2v) is 22.8. The second kappa shape index (κ2) is 18.5. The monoisotopic (exact) mass is 672 g/mol. The van der Waals surface area contributed by atoms with Crippen LogP contribution in [0.3, 0.4) is 0 Å². The Morgan fingerprint density at radius 2 is 0.829 bits per heavy atom.